The zero-order valence-corrected chi connectivity index (χ0v) is 15.3. The van der Waals surface area contributed by atoms with Crippen LogP contribution in [0.5, 0.6) is 0 Å². The number of amides is 1. The molecule has 3 N–H and O–H groups in total. The molecule has 1 aliphatic rings. The van der Waals surface area contributed by atoms with Gasteiger partial charge in [-0.05, 0) is 25.0 Å². The molecule has 6 heteroatoms. The number of carbonyl (C=O) groups excluding carboxylic acids is 1. The highest BCUT2D eigenvalue weighted by Crippen LogP contribution is 2.44. The fourth-order valence-electron chi connectivity index (χ4n) is 2.87. The predicted octanol–water partition coefficient (Wildman–Crippen LogP) is 2.99. The summed E-state index contributed by atoms with van der Waals surface area (Å²) in [6, 6.07) is 10.4. The smallest absolute Gasteiger partial charge is 0.222 e. The lowest BCUT2D eigenvalue weighted by Crippen LogP contribution is -2.40. The van der Waals surface area contributed by atoms with E-state index in [1.165, 1.54) is 17.7 Å². The summed E-state index contributed by atoms with van der Waals surface area (Å²) < 4.78 is 5.30. The highest BCUT2D eigenvalue weighted by atomic mass is 35.5. The maximum absolute atomic E-state index is 12.1. The largest absolute Gasteiger partial charge is 0.380 e. The van der Waals surface area contributed by atoms with Crippen LogP contribution in [0.15, 0.2) is 35.2 Å². The van der Waals surface area contributed by atoms with Gasteiger partial charge in [0.05, 0.1) is 12.5 Å². The number of ether oxygens (including phenoxy) is 1. The van der Waals surface area contributed by atoms with E-state index in [1.54, 1.807) is 7.11 Å². The molecular formula is C17H27ClN2O2S. The van der Waals surface area contributed by atoms with Crippen LogP contribution < -0.4 is 11.1 Å². The normalized spacial score (nSPS) is 17.3. The first-order chi connectivity index (χ1) is 10.7. The zero-order valence-electron chi connectivity index (χ0n) is 13.6. The molecule has 23 heavy (non-hydrogen) atoms. The first-order valence-electron chi connectivity index (χ1n) is 7.91. The number of methoxy groups -OCH3 is 1. The number of rotatable bonds is 8. The summed E-state index contributed by atoms with van der Waals surface area (Å²) in [5.74, 6) is 0.0252. The van der Waals surface area contributed by atoms with E-state index in [4.69, 9.17) is 10.5 Å². The van der Waals surface area contributed by atoms with Crippen LogP contribution in [0.2, 0.25) is 0 Å². The summed E-state index contributed by atoms with van der Waals surface area (Å²) in [5, 5.41) is 3.09. The summed E-state index contributed by atoms with van der Waals surface area (Å²) in [4.78, 5) is 13.3. The lowest BCUT2D eigenvalue weighted by molar-refractivity contribution is -0.123. The number of hydrogen-bond acceptors (Lipinski definition) is 4. The Balaban J connectivity index is 0.00000264. The lowest BCUT2D eigenvalue weighted by atomic mass is 10.1. The molecular weight excluding hydrogens is 332 g/mol. The monoisotopic (exact) mass is 358 g/mol. The van der Waals surface area contributed by atoms with Crippen LogP contribution in [0.1, 0.15) is 32.1 Å². The van der Waals surface area contributed by atoms with Crippen LogP contribution in [0.4, 0.5) is 0 Å². The Labute approximate surface area is 149 Å². The summed E-state index contributed by atoms with van der Waals surface area (Å²) in [6.07, 6.45) is 4.91. The molecule has 1 amide bonds. The molecule has 0 spiro atoms. The van der Waals surface area contributed by atoms with Gasteiger partial charge in [-0.15, -0.1) is 24.2 Å². The average molecular weight is 359 g/mol. The predicted molar refractivity (Wildman–Crippen MR) is 98.2 cm³/mol. The van der Waals surface area contributed by atoms with Crippen molar-refractivity contribution in [3.63, 3.8) is 0 Å². The van der Waals surface area contributed by atoms with Gasteiger partial charge in [-0.1, -0.05) is 31.0 Å². The molecule has 0 saturated heterocycles. The van der Waals surface area contributed by atoms with Gasteiger partial charge in [-0.2, -0.15) is 0 Å². The molecule has 1 aromatic rings. The Morgan fingerprint density at radius 3 is 2.57 bits per heavy atom. The van der Waals surface area contributed by atoms with Crippen molar-refractivity contribution >= 4 is 30.1 Å². The highest BCUT2D eigenvalue weighted by molar-refractivity contribution is 8.00. The van der Waals surface area contributed by atoms with Crippen LogP contribution in [-0.2, 0) is 9.53 Å². The molecule has 1 aromatic carbocycles. The van der Waals surface area contributed by atoms with Gasteiger partial charge in [0.25, 0.3) is 0 Å². The van der Waals surface area contributed by atoms with E-state index in [1.807, 2.05) is 17.8 Å². The van der Waals surface area contributed by atoms with Gasteiger partial charge < -0.3 is 15.8 Å². The van der Waals surface area contributed by atoms with Crippen molar-refractivity contribution < 1.29 is 9.53 Å². The van der Waals surface area contributed by atoms with Gasteiger partial charge >= 0.3 is 0 Å². The number of nitrogens with two attached hydrogens (primary N) is 1. The van der Waals surface area contributed by atoms with Gasteiger partial charge in [-0.25, -0.2) is 0 Å². The molecule has 0 heterocycles. The number of nitrogens with one attached hydrogen (secondary N) is 1. The summed E-state index contributed by atoms with van der Waals surface area (Å²) in [7, 11) is 1.59. The second kappa shape index (κ2) is 10.2. The molecule has 2 rings (SSSR count). The quantitative estimate of drug-likeness (QED) is 0.749. The fraction of sp³-hybridized carbons (Fsp3) is 0.588. The molecule has 130 valence electrons. The van der Waals surface area contributed by atoms with Gasteiger partial charge in [0, 0.05) is 29.8 Å². The molecule has 1 aliphatic carbocycles. The van der Waals surface area contributed by atoms with Gasteiger partial charge in [0.1, 0.15) is 0 Å². The minimum Gasteiger partial charge on any atom is -0.380 e. The molecule has 1 fully saturated rings. The molecule has 4 nitrogen and oxygen atoms in total. The van der Waals surface area contributed by atoms with E-state index in [-0.39, 0.29) is 29.2 Å². The lowest BCUT2D eigenvalue weighted by Gasteiger charge is -2.29. The standard InChI is InChI=1S/C17H26N2O2S.ClH/c1-21-14(12-18)11-16(20)19-13-17(9-5-6-10-17)22-15-7-3-2-4-8-15;/h2-4,7-8,14H,5-6,9-13,18H2,1H3,(H,19,20);1H. The minimum absolute atomic E-state index is 0. The minimum atomic E-state index is -0.193. The van der Waals surface area contributed by atoms with Crippen molar-refractivity contribution in [3.8, 4) is 0 Å². The summed E-state index contributed by atoms with van der Waals surface area (Å²) in [5.41, 5.74) is 5.57. The van der Waals surface area contributed by atoms with Crippen LogP contribution >= 0.6 is 24.2 Å². The number of hydrogen-bond donors (Lipinski definition) is 2. The SMILES string of the molecule is COC(CN)CC(=O)NCC1(Sc2ccccc2)CCCC1.Cl. The van der Waals surface area contributed by atoms with Gasteiger partial charge in [-0.3, -0.25) is 4.79 Å². The van der Waals surface area contributed by atoms with E-state index >= 15 is 0 Å². The number of benzene rings is 1. The Morgan fingerprint density at radius 1 is 1.35 bits per heavy atom. The van der Waals surface area contributed by atoms with E-state index < -0.39 is 0 Å². The molecule has 1 saturated carbocycles. The first-order valence-corrected chi connectivity index (χ1v) is 8.73. The first kappa shape index (κ1) is 20.3. The third-order valence-electron chi connectivity index (χ3n) is 4.21. The maximum atomic E-state index is 12.1. The summed E-state index contributed by atoms with van der Waals surface area (Å²) in [6.45, 7) is 1.08. The zero-order chi connectivity index (χ0) is 15.8. The van der Waals surface area contributed by atoms with E-state index in [2.05, 4.69) is 29.6 Å². The molecule has 0 aliphatic heterocycles. The molecule has 1 unspecified atom stereocenters. The Kier molecular flexibility index (Phi) is 8.99. The van der Waals surface area contributed by atoms with Crippen molar-refractivity contribution in [2.24, 2.45) is 5.73 Å². The number of halogens is 1. The van der Waals surface area contributed by atoms with Crippen LogP contribution in [0.25, 0.3) is 0 Å². The topological polar surface area (TPSA) is 64.3 Å². The van der Waals surface area contributed by atoms with Crippen molar-refractivity contribution in [2.75, 3.05) is 20.2 Å². The molecule has 1 atom stereocenters. The third-order valence-corrected chi connectivity index (χ3v) is 5.70. The van der Waals surface area contributed by atoms with Crippen LogP contribution in [-0.4, -0.2) is 37.0 Å². The number of carbonyl (C=O) groups is 1. The number of thioether (sulfide) groups is 1. The summed E-state index contributed by atoms with van der Waals surface area (Å²) >= 11 is 1.90. The molecule has 0 aromatic heterocycles. The Bertz CT molecular complexity index is 463. The maximum Gasteiger partial charge on any atom is 0.222 e. The third kappa shape index (κ3) is 6.34. The van der Waals surface area contributed by atoms with Crippen molar-refractivity contribution in [1.29, 1.82) is 0 Å². The second-order valence-electron chi connectivity index (χ2n) is 5.88. The van der Waals surface area contributed by atoms with Crippen molar-refractivity contribution in [3.05, 3.63) is 30.3 Å². The van der Waals surface area contributed by atoms with E-state index in [0.717, 1.165) is 12.8 Å². The molecule has 0 radical (unpaired) electrons. The van der Waals surface area contributed by atoms with Gasteiger partial charge in [0.15, 0.2) is 0 Å². The molecule has 0 bridgehead atoms. The fourth-order valence-corrected chi connectivity index (χ4v) is 4.30. The Morgan fingerprint density at radius 2 is 2.00 bits per heavy atom. The van der Waals surface area contributed by atoms with Crippen LogP contribution in [0.3, 0.4) is 0 Å². The van der Waals surface area contributed by atoms with Crippen molar-refractivity contribution in [1.82, 2.24) is 5.32 Å². The van der Waals surface area contributed by atoms with Crippen LogP contribution in [0, 0.1) is 0 Å². The second-order valence-corrected chi connectivity index (χ2v) is 7.42. The van der Waals surface area contributed by atoms with Crippen molar-refractivity contribution in [2.45, 2.75) is 47.9 Å². The average Bonchev–Trinajstić information content (AvgIpc) is 3.00. The highest BCUT2D eigenvalue weighted by Gasteiger charge is 2.35. The van der Waals surface area contributed by atoms with Gasteiger partial charge in [0.2, 0.25) is 5.91 Å². The van der Waals surface area contributed by atoms with E-state index in [0.29, 0.717) is 19.5 Å². The van der Waals surface area contributed by atoms with E-state index in [9.17, 15) is 4.79 Å². The Hall–Kier alpha value is -0.750.